The van der Waals surface area contributed by atoms with Gasteiger partial charge < -0.3 is 14.6 Å². The number of hydrogen-bond donors (Lipinski definition) is 1. The first-order valence-electron chi connectivity index (χ1n) is 6.07. The summed E-state index contributed by atoms with van der Waals surface area (Å²) in [6.07, 6.45) is 3.22. The number of pyridine rings is 1. The number of carbonyl (C=O) groups is 1. The van der Waals surface area contributed by atoms with Crippen LogP contribution in [0.2, 0.25) is 0 Å². The molecule has 1 unspecified atom stereocenters. The molecule has 0 aliphatic carbocycles. The summed E-state index contributed by atoms with van der Waals surface area (Å²) >= 11 is 0. The lowest BCUT2D eigenvalue weighted by molar-refractivity contribution is -0.131. The van der Waals surface area contributed by atoms with E-state index in [0.717, 1.165) is 18.2 Å². The van der Waals surface area contributed by atoms with E-state index in [0.29, 0.717) is 18.1 Å². The molecule has 0 saturated heterocycles. The second-order valence-corrected chi connectivity index (χ2v) is 4.22. The molecule has 5 nitrogen and oxygen atoms in total. The Morgan fingerprint density at radius 2 is 2.26 bits per heavy atom. The van der Waals surface area contributed by atoms with Crippen LogP contribution in [-0.2, 0) is 9.53 Å². The molecule has 0 spiro atoms. The molecule has 1 atom stereocenters. The molecular formula is C14H19NO4. The molecule has 0 aliphatic heterocycles. The number of aryl methyl sites for hydroxylation is 1. The van der Waals surface area contributed by atoms with E-state index in [1.807, 2.05) is 19.9 Å². The number of carboxylic acids is 1. The molecule has 1 aromatic heterocycles. The third-order valence-corrected chi connectivity index (χ3v) is 2.47. The molecule has 19 heavy (non-hydrogen) atoms. The highest BCUT2D eigenvalue weighted by Gasteiger charge is 2.08. The maximum absolute atomic E-state index is 10.6. The summed E-state index contributed by atoms with van der Waals surface area (Å²) < 4.78 is 10.7. The zero-order valence-electron chi connectivity index (χ0n) is 11.4. The van der Waals surface area contributed by atoms with Crippen molar-refractivity contribution in [1.29, 1.82) is 0 Å². The van der Waals surface area contributed by atoms with Gasteiger partial charge in [0.1, 0.15) is 11.4 Å². The standard InChI is InChI=1S/C14H19NO4/c1-10-4-6-13(19-11(2)8-9-18-3)12(15-10)5-7-14(16)17/h4-7,11H,8-9H2,1-3H3,(H,16,17)/b7-5+. The Hall–Kier alpha value is -1.88. The number of hydrogen-bond acceptors (Lipinski definition) is 4. The lowest BCUT2D eigenvalue weighted by Crippen LogP contribution is -2.15. The molecule has 0 saturated carbocycles. The first-order valence-corrected chi connectivity index (χ1v) is 6.07. The number of ether oxygens (including phenoxy) is 2. The van der Waals surface area contributed by atoms with Gasteiger partial charge in [-0.1, -0.05) is 0 Å². The zero-order chi connectivity index (χ0) is 14.3. The maximum atomic E-state index is 10.6. The van der Waals surface area contributed by atoms with E-state index in [9.17, 15) is 4.79 Å². The van der Waals surface area contributed by atoms with Gasteiger partial charge in [0, 0.05) is 31.9 Å². The van der Waals surface area contributed by atoms with Crippen LogP contribution < -0.4 is 4.74 Å². The van der Waals surface area contributed by atoms with Gasteiger partial charge in [-0.25, -0.2) is 9.78 Å². The quantitative estimate of drug-likeness (QED) is 0.766. The van der Waals surface area contributed by atoms with Crippen LogP contribution in [0.15, 0.2) is 18.2 Å². The Kier molecular flexibility index (Phi) is 6.02. The molecule has 5 heteroatoms. The number of aliphatic carboxylic acids is 1. The van der Waals surface area contributed by atoms with Gasteiger partial charge in [0.25, 0.3) is 0 Å². The van der Waals surface area contributed by atoms with Crippen molar-refractivity contribution in [2.45, 2.75) is 26.4 Å². The minimum absolute atomic E-state index is 0.0264. The Morgan fingerprint density at radius 3 is 2.89 bits per heavy atom. The molecule has 0 aliphatic rings. The van der Waals surface area contributed by atoms with Gasteiger partial charge in [0.05, 0.1) is 6.10 Å². The van der Waals surface area contributed by atoms with Crippen molar-refractivity contribution in [1.82, 2.24) is 4.98 Å². The summed E-state index contributed by atoms with van der Waals surface area (Å²) in [6.45, 7) is 4.39. The fraction of sp³-hybridized carbons (Fsp3) is 0.429. The van der Waals surface area contributed by atoms with E-state index in [1.54, 1.807) is 13.2 Å². The van der Waals surface area contributed by atoms with E-state index in [-0.39, 0.29) is 6.10 Å². The van der Waals surface area contributed by atoms with Crippen LogP contribution in [0, 0.1) is 6.92 Å². The largest absolute Gasteiger partial charge is 0.488 e. The van der Waals surface area contributed by atoms with Crippen molar-refractivity contribution in [3.8, 4) is 5.75 Å². The fourth-order valence-electron chi connectivity index (χ4n) is 1.49. The van der Waals surface area contributed by atoms with Gasteiger partial charge >= 0.3 is 5.97 Å². The van der Waals surface area contributed by atoms with Crippen LogP contribution in [0.1, 0.15) is 24.7 Å². The summed E-state index contributed by atoms with van der Waals surface area (Å²) in [5.74, 6) is -0.437. The molecule has 0 amide bonds. The predicted molar refractivity (Wildman–Crippen MR) is 72.2 cm³/mol. The molecule has 1 N–H and O–H groups in total. The first kappa shape index (κ1) is 15.2. The summed E-state index contributed by atoms with van der Waals surface area (Å²) in [7, 11) is 1.64. The van der Waals surface area contributed by atoms with Gasteiger partial charge in [-0.2, -0.15) is 0 Å². The van der Waals surface area contributed by atoms with Gasteiger partial charge in [0.2, 0.25) is 0 Å². The summed E-state index contributed by atoms with van der Waals surface area (Å²) in [4.78, 5) is 14.8. The van der Waals surface area contributed by atoms with Crippen LogP contribution in [0.4, 0.5) is 0 Å². The summed E-state index contributed by atoms with van der Waals surface area (Å²) in [5, 5.41) is 8.66. The highest BCUT2D eigenvalue weighted by atomic mass is 16.5. The summed E-state index contributed by atoms with van der Waals surface area (Å²) in [6, 6.07) is 3.63. The molecule has 0 aromatic carbocycles. The molecule has 1 rings (SSSR count). The molecule has 104 valence electrons. The van der Waals surface area contributed by atoms with Crippen LogP contribution in [0.3, 0.4) is 0 Å². The van der Waals surface area contributed by atoms with E-state index < -0.39 is 5.97 Å². The predicted octanol–water partition coefficient (Wildman–Crippen LogP) is 2.29. The lowest BCUT2D eigenvalue weighted by Gasteiger charge is -2.15. The average Bonchev–Trinajstić information content (AvgIpc) is 2.36. The Balaban J connectivity index is 2.84. The fourth-order valence-corrected chi connectivity index (χ4v) is 1.49. The number of carboxylic acid groups (broad SMARTS) is 1. The maximum Gasteiger partial charge on any atom is 0.328 e. The monoisotopic (exact) mass is 265 g/mol. The van der Waals surface area contributed by atoms with Crippen molar-refractivity contribution in [2.75, 3.05) is 13.7 Å². The Bertz CT molecular complexity index is 457. The number of nitrogens with zero attached hydrogens (tertiary/aromatic N) is 1. The molecule has 0 radical (unpaired) electrons. The minimum Gasteiger partial charge on any atom is -0.488 e. The van der Waals surface area contributed by atoms with Gasteiger partial charge in [-0.15, -0.1) is 0 Å². The molecule has 0 fully saturated rings. The van der Waals surface area contributed by atoms with Crippen molar-refractivity contribution in [3.05, 3.63) is 29.6 Å². The van der Waals surface area contributed by atoms with Crippen LogP contribution in [-0.4, -0.2) is 35.9 Å². The highest BCUT2D eigenvalue weighted by Crippen LogP contribution is 2.20. The third-order valence-electron chi connectivity index (χ3n) is 2.47. The van der Waals surface area contributed by atoms with Crippen LogP contribution in [0.25, 0.3) is 6.08 Å². The number of methoxy groups -OCH3 is 1. The molecule has 1 heterocycles. The third kappa shape index (κ3) is 5.52. The van der Waals surface area contributed by atoms with Gasteiger partial charge in [0.15, 0.2) is 0 Å². The Morgan fingerprint density at radius 1 is 1.53 bits per heavy atom. The minimum atomic E-state index is -1.01. The lowest BCUT2D eigenvalue weighted by atomic mass is 10.2. The number of aromatic nitrogens is 1. The van der Waals surface area contributed by atoms with Crippen molar-refractivity contribution in [2.24, 2.45) is 0 Å². The molecule has 1 aromatic rings. The van der Waals surface area contributed by atoms with E-state index in [2.05, 4.69) is 4.98 Å². The average molecular weight is 265 g/mol. The topological polar surface area (TPSA) is 68.7 Å². The smallest absolute Gasteiger partial charge is 0.328 e. The SMILES string of the molecule is COCCC(C)Oc1ccc(C)nc1/C=C/C(=O)O. The Labute approximate surface area is 112 Å². The second-order valence-electron chi connectivity index (χ2n) is 4.22. The van der Waals surface area contributed by atoms with Crippen LogP contribution >= 0.6 is 0 Å². The first-order chi connectivity index (χ1) is 9.02. The normalized spacial score (nSPS) is 12.6. The molecular weight excluding hydrogens is 246 g/mol. The summed E-state index contributed by atoms with van der Waals surface area (Å²) in [5.41, 5.74) is 1.33. The van der Waals surface area contributed by atoms with Crippen LogP contribution in [0.5, 0.6) is 5.75 Å². The number of rotatable bonds is 7. The zero-order valence-corrected chi connectivity index (χ0v) is 11.4. The van der Waals surface area contributed by atoms with Crippen molar-refractivity contribution >= 4 is 12.0 Å². The van der Waals surface area contributed by atoms with E-state index in [4.69, 9.17) is 14.6 Å². The van der Waals surface area contributed by atoms with E-state index in [1.165, 1.54) is 6.08 Å². The van der Waals surface area contributed by atoms with Gasteiger partial charge in [-0.05, 0) is 32.1 Å². The van der Waals surface area contributed by atoms with Gasteiger partial charge in [-0.3, -0.25) is 0 Å². The van der Waals surface area contributed by atoms with E-state index >= 15 is 0 Å². The molecule has 0 bridgehead atoms. The van der Waals surface area contributed by atoms with Crippen molar-refractivity contribution in [3.63, 3.8) is 0 Å². The van der Waals surface area contributed by atoms with Crippen molar-refractivity contribution < 1.29 is 19.4 Å². The second kappa shape index (κ2) is 7.53. The highest BCUT2D eigenvalue weighted by molar-refractivity contribution is 5.85.